The predicted molar refractivity (Wildman–Crippen MR) is 90.5 cm³/mol. The molecule has 1 aromatic carbocycles. The monoisotopic (exact) mass is 304 g/mol. The molecule has 0 saturated heterocycles. The molecule has 4 nitrogen and oxygen atoms in total. The number of rotatable bonds is 6. The number of nitrogens with one attached hydrogen (secondary N) is 1. The van der Waals surface area contributed by atoms with Gasteiger partial charge in [-0.25, -0.2) is 4.79 Å². The lowest BCUT2D eigenvalue weighted by atomic mass is 9.93. The highest BCUT2D eigenvalue weighted by Gasteiger charge is 2.32. The minimum atomic E-state index is -0.0912. The molecule has 0 unspecified atom stereocenters. The van der Waals surface area contributed by atoms with E-state index in [0.717, 1.165) is 18.5 Å². The maximum Gasteiger partial charge on any atom is 0.322 e. The number of aliphatic hydroxyl groups excluding tert-OH is 1. The summed E-state index contributed by atoms with van der Waals surface area (Å²) in [5.74, 6) is 0.697. The van der Waals surface area contributed by atoms with Gasteiger partial charge in [-0.15, -0.1) is 0 Å². The quantitative estimate of drug-likeness (QED) is 0.837. The highest BCUT2D eigenvalue weighted by Crippen LogP contribution is 2.33. The number of anilines is 1. The lowest BCUT2D eigenvalue weighted by Crippen LogP contribution is -2.39. The second kappa shape index (κ2) is 7.14. The molecule has 0 bridgehead atoms. The first-order valence-electron chi connectivity index (χ1n) is 8.27. The largest absolute Gasteiger partial charge is 0.395 e. The van der Waals surface area contributed by atoms with E-state index < -0.39 is 0 Å². The molecule has 0 heterocycles. The molecule has 22 heavy (non-hydrogen) atoms. The van der Waals surface area contributed by atoms with Gasteiger partial charge in [0, 0.05) is 18.3 Å². The van der Waals surface area contributed by atoms with Crippen LogP contribution in [-0.2, 0) is 0 Å². The van der Waals surface area contributed by atoms with Crippen LogP contribution in [-0.4, -0.2) is 35.2 Å². The number of amides is 2. The Morgan fingerprint density at radius 1 is 1.23 bits per heavy atom. The third kappa shape index (κ3) is 3.80. The molecule has 1 aliphatic rings. The second-order valence-corrected chi connectivity index (χ2v) is 6.70. The van der Waals surface area contributed by atoms with Gasteiger partial charge >= 0.3 is 6.03 Å². The van der Waals surface area contributed by atoms with Crippen molar-refractivity contribution < 1.29 is 9.90 Å². The van der Waals surface area contributed by atoms with Crippen molar-refractivity contribution in [2.24, 2.45) is 0 Å². The average molecular weight is 304 g/mol. The van der Waals surface area contributed by atoms with E-state index in [1.807, 2.05) is 0 Å². The SMILES string of the molecule is CC(C)c1cccc(C(C)C)c1NC(=O)N(CCO)C1CC1. The van der Waals surface area contributed by atoms with Gasteiger partial charge in [-0.3, -0.25) is 0 Å². The third-order valence-corrected chi connectivity index (χ3v) is 4.19. The molecule has 1 saturated carbocycles. The fraction of sp³-hybridized carbons (Fsp3) is 0.611. The number of benzene rings is 1. The molecule has 2 rings (SSSR count). The highest BCUT2D eigenvalue weighted by atomic mass is 16.3. The van der Waals surface area contributed by atoms with Crippen molar-refractivity contribution in [1.29, 1.82) is 0 Å². The number of carbonyl (C=O) groups excluding carboxylic acids is 1. The molecular weight excluding hydrogens is 276 g/mol. The molecule has 122 valence electrons. The predicted octanol–water partition coefficient (Wildman–Crippen LogP) is 3.92. The van der Waals surface area contributed by atoms with E-state index in [4.69, 9.17) is 0 Å². The molecule has 4 heteroatoms. The third-order valence-electron chi connectivity index (χ3n) is 4.19. The Morgan fingerprint density at radius 3 is 2.18 bits per heavy atom. The van der Waals surface area contributed by atoms with E-state index in [-0.39, 0.29) is 12.6 Å². The van der Waals surface area contributed by atoms with E-state index in [2.05, 4.69) is 51.2 Å². The van der Waals surface area contributed by atoms with Crippen LogP contribution in [0.25, 0.3) is 0 Å². The summed E-state index contributed by atoms with van der Waals surface area (Å²) in [5.41, 5.74) is 3.28. The van der Waals surface area contributed by atoms with Crippen molar-refractivity contribution in [3.05, 3.63) is 29.3 Å². The van der Waals surface area contributed by atoms with E-state index in [1.54, 1.807) is 4.90 Å². The van der Waals surface area contributed by atoms with E-state index in [1.165, 1.54) is 11.1 Å². The van der Waals surface area contributed by atoms with Gasteiger partial charge in [0.25, 0.3) is 0 Å². The smallest absolute Gasteiger partial charge is 0.322 e. The summed E-state index contributed by atoms with van der Waals surface area (Å²) in [6.45, 7) is 8.97. The van der Waals surface area contributed by atoms with Gasteiger partial charge < -0.3 is 15.3 Å². The van der Waals surface area contributed by atoms with Crippen molar-refractivity contribution in [2.75, 3.05) is 18.5 Å². The number of aliphatic hydroxyl groups is 1. The molecule has 1 aliphatic carbocycles. The van der Waals surface area contributed by atoms with Gasteiger partial charge in [-0.2, -0.15) is 0 Å². The molecule has 0 aliphatic heterocycles. The van der Waals surface area contributed by atoms with Crippen LogP contribution in [0.1, 0.15) is 63.5 Å². The van der Waals surface area contributed by atoms with Crippen LogP contribution < -0.4 is 5.32 Å². The topological polar surface area (TPSA) is 52.6 Å². The van der Waals surface area contributed by atoms with E-state index >= 15 is 0 Å². The summed E-state index contributed by atoms with van der Waals surface area (Å²) in [4.78, 5) is 14.4. The lowest BCUT2D eigenvalue weighted by Gasteiger charge is -2.25. The molecule has 2 N–H and O–H groups in total. The van der Waals surface area contributed by atoms with Crippen molar-refractivity contribution in [3.8, 4) is 0 Å². The highest BCUT2D eigenvalue weighted by molar-refractivity contribution is 5.91. The Balaban J connectivity index is 2.28. The molecule has 0 spiro atoms. The van der Waals surface area contributed by atoms with Gasteiger partial charge in [0.05, 0.1) is 6.61 Å². The van der Waals surface area contributed by atoms with Gasteiger partial charge in [-0.05, 0) is 35.8 Å². The summed E-state index contributed by atoms with van der Waals surface area (Å²) in [6.07, 6.45) is 2.08. The standard InChI is InChI=1S/C18H28N2O2/c1-12(2)15-6-5-7-16(13(3)4)17(15)19-18(22)20(10-11-21)14-8-9-14/h5-7,12-14,21H,8-11H2,1-4H3,(H,19,22). The van der Waals surface area contributed by atoms with Gasteiger partial charge in [-0.1, -0.05) is 45.9 Å². The number of nitrogens with zero attached hydrogens (tertiary/aromatic N) is 1. The first-order valence-corrected chi connectivity index (χ1v) is 8.27. The summed E-state index contributed by atoms with van der Waals surface area (Å²) in [6, 6.07) is 6.43. The van der Waals surface area contributed by atoms with Gasteiger partial charge in [0.2, 0.25) is 0 Å². The zero-order valence-corrected chi connectivity index (χ0v) is 14.1. The van der Waals surface area contributed by atoms with E-state index in [9.17, 15) is 9.90 Å². The van der Waals surface area contributed by atoms with Crippen LogP contribution >= 0.6 is 0 Å². The summed E-state index contributed by atoms with van der Waals surface area (Å²) >= 11 is 0. The fourth-order valence-electron chi connectivity index (χ4n) is 2.82. The Morgan fingerprint density at radius 2 is 1.77 bits per heavy atom. The minimum absolute atomic E-state index is 0.00673. The summed E-state index contributed by atoms with van der Waals surface area (Å²) in [7, 11) is 0. The number of hydrogen-bond donors (Lipinski definition) is 2. The summed E-state index contributed by atoms with van der Waals surface area (Å²) in [5, 5.41) is 12.3. The van der Waals surface area contributed by atoms with Crippen molar-refractivity contribution in [2.45, 2.75) is 58.4 Å². The number of para-hydroxylation sites is 1. The molecule has 1 fully saturated rings. The molecule has 1 aromatic rings. The first-order chi connectivity index (χ1) is 10.5. The normalized spacial score (nSPS) is 14.5. The van der Waals surface area contributed by atoms with Gasteiger partial charge in [0.15, 0.2) is 0 Å². The number of hydrogen-bond acceptors (Lipinski definition) is 2. The van der Waals surface area contributed by atoms with E-state index in [0.29, 0.717) is 24.4 Å². The zero-order valence-electron chi connectivity index (χ0n) is 14.1. The molecule has 0 radical (unpaired) electrons. The van der Waals surface area contributed by atoms with Crippen LogP contribution in [0, 0.1) is 0 Å². The summed E-state index contributed by atoms with van der Waals surface area (Å²) < 4.78 is 0. The zero-order chi connectivity index (χ0) is 16.3. The minimum Gasteiger partial charge on any atom is -0.395 e. The Kier molecular flexibility index (Phi) is 5.46. The Labute approximate surface area is 133 Å². The fourth-order valence-corrected chi connectivity index (χ4v) is 2.82. The van der Waals surface area contributed by atoms with Crippen molar-refractivity contribution in [3.63, 3.8) is 0 Å². The molecule has 0 aromatic heterocycles. The molecule has 2 amide bonds. The Bertz CT molecular complexity index is 496. The Hall–Kier alpha value is -1.55. The van der Waals surface area contributed by atoms with Crippen molar-refractivity contribution >= 4 is 11.7 Å². The first kappa shape index (κ1) is 16.8. The maximum atomic E-state index is 12.6. The van der Waals surface area contributed by atoms with Crippen LogP contribution in [0.4, 0.5) is 10.5 Å². The van der Waals surface area contributed by atoms with Crippen LogP contribution in [0.2, 0.25) is 0 Å². The number of carbonyl (C=O) groups is 1. The van der Waals surface area contributed by atoms with Crippen molar-refractivity contribution in [1.82, 2.24) is 4.90 Å². The number of urea groups is 1. The molecule has 0 atom stereocenters. The van der Waals surface area contributed by atoms with Crippen LogP contribution in [0.3, 0.4) is 0 Å². The second-order valence-electron chi connectivity index (χ2n) is 6.70. The van der Waals surface area contributed by atoms with Gasteiger partial charge in [0.1, 0.15) is 0 Å². The van der Waals surface area contributed by atoms with Crippen LogP contribution in [0.15, 0.2) is 18.2 Å². The van der Waals surface area contributed by atoms with Crippen LogP contribution in [0.5, 0.6) is 0 Å². The molecular formula is C18H28N2O2. The maximum absolute atomic E-state index is 12.6. The average Bonchev–Trinajstić information content (AvgIpc) is 3.28. The lowest BCUT2D eigenvalue weighted by molar-refractivity contribution is 0.185.